The van der Waals surface area contributed by atoms with E-state index in [-0.39, 0.29) is 30.3 Å². The van der Waals surface area contributed by atoms with Gasteiger partial charge in [0.05, 0.1) is 18.2 Å². The van der Waals surface area contributed by atoms with Crippen LogP contribution < -0.4 is 11.1 Å². The standard InChI is InChI=1S/C18H22N2O3.ClH/c19-10-16-9-15(12-23-16)18(21)20-11-14-7-4-8-22-17(14)13-5-2-1-3-6-13;/h1-3,5-6,9,12,14,17H,4,7-8,10-11,19H2,(H,20,21);1H. The number of carbonyl (C=O) groups excluding carboxylic acids is 1. The molecule has 6 heteroatoms. The largest absolute Gasteiger partial charge is 0.467 e. The van der Waals surface area contributed by atoms with E-state index < -0.39 is 0 Å². The lowest BCUT2D eigenvalue weighted by molar-refractivity contribution is -0.0272. The molecule has 1 saturated heterocycles. The van der Waals surface area contributed by atoms with Crippen LogP contribution in [0, 0.1) is 5.92 Å². The molecule has 2 atom stereocenters. The van der Waals surface area contributed by atoms with Crippen molar-refractivity contribution in [3.8, 4) is 0 Å². The molecule has 2 aromatic rings. The molecular weight excluding hydrogens is 328 g/mol. The van der Waals surface area contributed by atoms with E-state index in [1.54, 1.807) is 6.07 Å². The van der Waals surface area contributed by atoms with Crippen molar-refractivity contribution in [2.24, 2.45) is 11.7 Å². The van der Waals surface area contributed by atoms with Crippen molar-refractivity contribution in [2.75, 3.05) is 13.2 Å². The van der Waals surface area contributed by atoms with E-state index in [0.29, 0.717) is 24.4 Å². The molecule has 1 aromatic heterocycles. The second-order valence-corrected chi connectivity index (χ2v) is 5.82. The maximum absolute atomic E-state index is 12.2. The Morgan fingerprint density at radius 2 is 2.08 bits per heavy atom. The summed E-state index contributed by atoms with van der Waals surface area (Å²) in [5.41, 5.74) is 7.17. The highest BCUT2D eigenvalue weighted by Gasteiger charge is 2.27. The molecule has 2 unspecified atom stereocenters. The molecule has 0 radical (unpaired) electrons. The SMILES string of the molecule is Cl.NCc1cc(C(=O)NCC2CCCOC2c2ccccc2)co1. The lowest BCUT2D eigenvalue weighted by Gasteiger charge is -2.32. The lowest BCUT2D eigenvalue weighted by Crippen LogP contribution is -2.35. The normalized spacial score (nSPS) is 20.2. The third-order valence-electron chi connectivity index (χ3n) is 4.21. The molecule has 1 aliphatic heterocycles. The van der Waals surface area contributed by atoms with Crippen molar-refractivity contribution in [3.05, 3.63) is 59.5 Å². The quantitative estimate of drug-likeness (QED) is 0.868. The predicted octanol–water partition coefficient (Wildman–Crippen LogP) is 3.06. The average Bonchev–Trinajstić information content (AvgIpc) is 3.10. The number of halogens is 1. The Balaban J connectivity index is 0.00000208. The first-order valence-corrected chi connectivity index (χ1v) is 8.00. The van der Waals surface area contributed by atoms with Gasteiger partial charge in [0.1, 0.15) is 12.0 Å². The molecule has 3 N–H and O–H groups in total. The summed E-state index contributed by atoms with van der Waals surface area (Å²) in [5, 5.41) is 2.99. The van der Waals surface area contributed by atoms with Gasteiger partial charge in [-0.2, -0.15) is 0 Å². The monoisotopic (exact) mass is 350 g/mol. The average molecular weight is 351 g/mol. The Morgan fingerprint density at radius 3 is 2.79 bits per heavy atom. The molecule has 0 saturated carbocycles. The van der Waals surface area contributed by atoms with E-state index in [0.717, 1.165) is 19.4 Å². The van der Waals surface area contributed by atoms with Gasteiger partial charge in [0, 0.05) is 19.1 Å². The number of ether oxygens (including phenoxy) is 1. The molecule has 5 nitrogen and oxygen atoms in total. The molecule has 1 amide bonds. The summed E-state index contributed by atoms with van der Waals surface area (Å²) in [6.07, 6.45) is 3.55. The number of nitrogens with two attached hydrogens (primary N) is 1. The second-order valence-electron chi connectivity index (χ2n) is 5.82. The zero-order valence-electron chi connectivity index (χ0n) is 13.4. The molecule has 1 aliphatic rings. The minimum atomic E-state index is -0.133. The van der Waals surface area contributed by atoms with Crippen LogP contribution in [-0.2, 0) is 11.3 Å². The van der Waals surface area contributed by atoms with Gasteiger partial charge in [-0.15, -0.1) is 12.4 Å². The van der Waals surface area contributed by atoms with Crippen LogP contribution >= 0.6 is 12.4 Å². The molecule has 0 aliphatic carbocycles. The second kappa shape index (κ2) is 8.87. The Morgan fingerprint density at radius 1 is 1.29 bits per heavy atom. The Bertz CT molecular complexity index is 645. The first kappa shape index (κ1) is 18.5. The van der Waals surface area contributed by atoms with Crippen LogP contribution in [0.3, 0.4) is 0 Å². The van der Waals surface area contributed by atoms with Gasteiger partial charge in [-0.3, -0.25) is 4.79 Å². The smallest absolute Gasteiger partial charge is 0.254 e. The van der Waals surface area contributed by atoms with Gasteiger partial charge >= 0.3 is 0 Å². The summed E-state index contributed by atoms with van der Waals surface area (Å²) in [6.45, 7) is 1.65. The number of carbonyl (C=O) groups is 1. The van der Waals surface area contributed by atoms with Crippen LogP contribution in [0.25, 0.3) is 0 Å². The maximum Gasteiger partial charge on any atom is 0.254 e. The molecule has 1 fully saturated rings. The molecular formula is C18H23ClN2O3. The number of rotatable bonds is 5. The number of hydrogen-bond acceptors (Lipinski definition) is 4. The lowest BCUT2D eigenvalue weighted by atomic mass is 9.89. The van der Waals surface area contributed by atoms with E-state index in [1.165, 1.54) is 11.8 Å². The number of nitrogens with one attached hydrogen (secondary N) is 1. The van der Waals surface area contributed by atoms with E-state index in [2.05, 4.69) is 17.4 Å². The summed E-state index contributed by atoms with van der Waals surface area (Å²) >= 11 is 0. The number of furan rings is 1. The van der Waals surface area contributed by atoms with Gasteiger partial charge in [-0.05, 0) is 24.5 Å². The minimum absolute atomic E-state index is 0. The van der Waals surface area contributed by atoms with Crippen molar-refractivity contribution in [3.63, 3.8) is 0 Å². The molecule has 3 rings (SSSR count). The van der Waals surface area contributed by atoms with Gasteiger partial charge in [0.25, 0.3) is 5.91 Å². The highest BCUT2D eigenvalue weighted by Crippen LogP contribution is 2.33. The number of amides is 1. The summed E-state index contributed by atoms with van der Waals surface area (Å²) < 4.78 is 11.2. The van der Waals surface area contributed by atoms with Crippen LogP contribution in [-0.4, -0.2) is 19.1 Å². The van der Waals surface area contributed by atoms with E-state index in [9.17, 15) is 4.79 Å². The minimum Gasteiger partial charge on any atom is -0.467 e. The van der Waals surface area contributed by atoms with Gasteiger partial charge in [-0.1, -0.05) is 30.3 Å². The fraction of sp³-hybridized carbons (Fsp3) is 0.389. The Kier molecular flexibility index (Phi) is 6.85. The summed E-state index contributed by atoms with van der Waals surface area (Å²) in [4.78, 5) is 12.2. The van der Waals surface area contributed by atoms with Gasteiger partial charge in [0.15, 0.2) is 0 Å². The molecule has 130 valence electrons. The first-order chi connectivity index (χ1) is 11.3. The highest BCUT2D eigenvalue weighted by atomic mass is 35.5. The van der Waals surface area contributed by atoms with E-state index >= 15 is 0 Å². The van der Waals surface area contributed by atoms with Gasteiger partial charge in [-0.25, -0.2) is 0 Å². The third kappa shape index (κ3) is 4.38. The summed E-state index contributed by atoms with van der Waals surface area (Å²) in [6, 6.07) is 11.9. The first-order valence-electron chi connectivity index (χ1n) is 8.00. The van der Waals surface area contributed by atoms with Crippen molar-refractivity contribution in [2.45, 2.75) is 25.5 Å². The van der Waals surface area contributed by atoms with Crippen LogP contribution in [0.1, 0.15) is 40.6 Å². The number of benzene rings is 1. The van der Waals surface area contributed by atoms with Crippen molar-refractivity contribution in [1.29, 1.82) is 0 Å². The third-order valence-corrected chi connectivity index (χ3v) is 4.21. The van der Waals surface area contributed by atoms with Crippen LogP contribution in [0.4, 0.5) is 0 Å². The van der Waals surface area contributed by atoms with Gasteiger partial charge in [0.2, 0.25) is 0 Å². The van der Waals surface area contributed by atoms with E-state index in [1.807, 2.05) is 18.2 Å². The van der Waals surface area contributed by atoms with Crippen molar-refractivity contribution < 1.29 is 13.9 Å². The Hall–Kier alpha value is -1.82. The van der Waals surface area contributed by atoms with Crippen LogP contribution in [0.15, 0.2) is 47.1 Å². The number of hydrogen-bond donors (Lipinski definition) is 2. The van der Waals surface area contributed by atoms with Crippen LogP contribution in [0.2, 0.25) is 0 Å². The van der Waals surface area contributed by atoms with Crippen molar-refractivity contribution in [1.82, 2.24) is 5.32 Å². The zero-order chi connectivity index (χ0) is 16.1. The molecule has 2 heterocycles. The van der Waals surface area contributed by atoms with E-state index in [4.69, 9.17) is 14.9 Å². The molecule has 24 heavy (non-hydrogen) atoms. The van der Waals surface area contributed by atoms with Crippen molar-refractivity contribution >= 4 is 18.3 Å². The summed E-state index contributed by atoms with van der Waals surface area (Å²) in [7, 11) is 0. The zero-order valence-corrected chi connectivity index (χ0v) is 14.3. The molecule has 0 spiro atoms. The Labute approximate surface area is 148 Å². The topological polar surface area (TPSA) is 77.5 Å². The van der Waals surface area contributed by atoms with Gasteiger partial charge < -0.3 is 20.2 Å². The van der Waals surface area contributed by atoms with Crippen LogP contribution in [0.5, 0.6) is 0 Å². The molecule has 1 aromatic carbocycles. The fourth-order valence-electron chi connectivity index (χ4n) is 3.00. The molecule has 0 bridgehead atoms. The highest BCUT2D eigenvalue weighted by molar-refractivity contribution is 5.93. The fourth-order valence-corrected chi connectivity index (χ4v) is 3.00. The summed E-state index contributed by atoms with van der Waals surface area (Å²) in [5.74, 6) is 0.750. The maximum atomic E-state index is 12.2. The predicted molar refractivity (Wildman–Crippen MR) is 94.0 cm³/mol.